The highest BCUT2D eigenvalue weighted by Crippen LogP contribution is 3.02. The molecule has 5 nitrogen and oxygen atoms in total. The van der Waals surface area contributed by atoms with E-state index < -0.39 is 21.0 Å². The summed E-state index contributed by atoms with van der Waals surface area (Å²) in [5.41, 5.74) is 2.53. The number of amides is 1. The second kappa shape index (κ2) is 6.28. The number of aromatic nitrogens is 3. The van der Waals surface area contributed by atoms with Gasteiger partial charge in [0.15, 0.2) is 0 Å². The summed E-state index contributed by atoms with van der Waals surface area (Å²) in [6.45, 7) is 3.90. The highest BCUT2D eigenvalue weighted by atomic mass is 32.5. The number of nitrogens with zero attached hydrogens (tertiary/aromatic N) is 4. The van der Waals surface area contributed by atoms with Gasteiger partial charge < -0.3 is 4.90 Å². The molecule has 166 valence electrons. The number of aryl methyl sites for hydroxylation is 1. The van der Waals surface area contributed by atoms with E-state index in [1.807, 2.05) is 19.9 Å². The van der Waals surface area contributed by atoms with Crippen LogP contribution in [0, 0.1) is 0 Å². The molecule has 2 aromatic heterocycles. The van der Waals surface area contributed by atoms with Crippen molar-refractivity contribution in [3.63, 3.8) is 0 Å². The molecule has 0 bridgehead atoms. The van der Waals surface area contributed by atoms with Gasteiger partial charge in [0.25, 0.3) is 5.91 Å². The van der Waals surface area contributed by atoms with Crippen molar-refractivity contribution in [2.75, 3.05) is 11.4 Å². The number of carbonyl (C=O) groups is 1. The Morgan fingerprint density at radius 2 is 1.77 bits per heavy atom. The Kier molecular flexibility index (Phi) is 4.31. The van der Waals surface area contributed by atoms with E-state index in [1.165, 1.54) is 4.90 Å². The van der Waals surface area contributed by atoms with Gasteiger partial charge in [-0.25, -0.2) is 0 Å². The van der Waals surface area contributed by atoms with Crippen LogP contribution in [0.5, 0.6) is 0 Å². The number of pyridine rings is 1. The van der Waals surface area contributed by atoms with Crippen molar-refractivity contribution in [2.45, 2.75) is 31.2 Å². The van der Waals surface area contributed by atoms with Gasteiger partial charge in [-0.05, 0) is 55.3 Å². The molecule has 0 unspecified atom stereocenters. The zero-order chi connectivity index (χ0) is 22.7. The van der Waals surface area contributed by atoms with Crippen molar-refractivity contribution in [1.82, 2.24) is 14.8 Å². The van der Waals surface area contributed by atoms with Gasteiger partial charge in [0.1, 0.15) is 10.6 Å². The van der Waals surface area contributed by atoms with Crippen molar-refractivity contribution < 1.29 is 24.2 Å². The molecule has 0 radical (unpaired) electrons. The predicted molar refractivity (Wildman–Crippen MR) is 109 cm³/mol. The molecule has 11 heteroatoms. The van der Waals surface area contributed by atoms with Crippen molar-refractivity contribution in [2.24, 2.45) is 0 Å². The molecule has 0 saturated carbocycles. The summed E-state index contributed by atoms with van der Waals surface area (Å²) in [7, 11) is -9.78. The topological polar surface area (TPSA) is 51.0 Å². The molecule has 1 aliphatic rings. The van der Waals surface area contributed by atoms with Crippen molar-refractivity contribution >= 4 is 21.8 Å². The van der Waals surface area contributed by atoms with E-state index in [2.05, 4.69) is 10.1 Å². The predicted octanol–water partition coefficient (Wildman–Crippen LogP) is 6.39. The number of benzene rings is 1. The Balaban J connectivity index is 1.75. The molecule has 0 saturated heterocycles. The van der Waals surface area contributed by atoms with Crippen LogP contribution in [-0.2, 0) is 6.42 Å². The molecule has 4 rings (SSSR count). The fourth-order valence-corrected chi connectivity index (χ4v) is 4.27. The minimum Gasteiger partial charge on any atom is -0.305 e. The maximum atomic E-state index is 13.3. The van der Waals surface area contributed by atoms with Crippen molar-refractivity contribution in [3.8, 4) is 11.1 Å². The number of halogens is 5. The SMILES string of the molecule is C[C@H]1CN(c2ccc(S(F)(F)(F)(F)F)cc2)C(=O)c2c(-c3ccnc(C[11CH3])c3)cnn21. The molecular formula is C20H19F5N4OS. The Morgan fingerprint density at radius 1 is 1.10 bits per heavy atom. The van der Waals surface area contributed by atoms with E-state index >= 15 is 0 Å². The number of hydrogen-bond acceptors (Lipinski definition) is 3. The fourth-order valence-electron chi connectivity index (χ4n) is 3.62. The standard InChI is InChI=1S/C20H19F5N4OS/c1-3-15-10-14(8-9-26-15)18-11-27-29-13(2)12-28(20(30)19(18)29)16-4-6-17(7-5-16)31(21,22,23,24)25/h4-11,13H,3,12H2,1-2H3/t13-/m0/s1/i1-1. The lowest BCUT2D eigenvalue weighted by Gasteiger charge is -2.40. The number of carbonyl (C=O) groups excluding carboxylic acids is 1. The third kappa shape index (κ3) is 3.89. The first-order valence-corrected chi connectivity index (χ1v) is 11.4. The Morgan fingerprint density at radius 3 is 2.39 bits per heavy atom. The van der Waals surface area contributed by atoms with Crippen LogP contribution in [0.25, 0.3) is 11.1 Å². The van der Waals surface area contributed by atoms with Crippen LogP contribution in [-0.4, -0.2) is 27.2 Å². The first-order chi connectivity index (χ1) is 14.3. The molecule has 31 heavy (non-hydrogen) atoms. The molecule has 3 heterocycles. The summed E-state index contributed by atoms with van der Waals surface area (Å²) >= 11 is 0. The van der Waals surface area contributed by atoms with E-state index in [9.17, 15) is 24.2 Å². The molecule has 0 fully saturated rings. The number of rotatable bonds is 4. The lowest BCUT2D eigenvalue weighted by molar-refractivity contribution is 0.0954. The van der Waals surface area contributed by atoms with Gasteiger partial charge in [-0.3, -0.25) is 14.5 Å². The monoisotopic (exact) mass is 457 g/mol. The lowest BCUT2D eigenvalue weighted by Crippen LogP contribution is -2.42. The smallest absolute Gasteiger partial charge is 0.305 e. The molecule has 1 amide bonds. The van der Waals surface area contributed by atoms with Crippen LogP contribution in [0.2, 0.25) is 0 Å². The molecule has 0 spiro atoms. The normalized spacial score (nSPS) is 19.0. The van der Waals surface area contributed by atoms with Gasteiger partial charge in [0.05, 0.1) is 12.2 Å². The van der Waals surface area contributed by atoms with E-state index in [0.717, 1.165) is 23.4 Å². The van der Waals surface area contributed by atoms with E-state index in [4.69, 9.17) is 0 Å². The highest BCUT2D eigenvalue weighted by Gasteiger charge is 2.65. The molecule has 0 N–H and O–H groups in total. The largest absolute Gasteiger partial charge is 0.310 e. The van der Waals surface area contributed by atoms with Gasteiger partial charge in [-0.2, -0.15) is 5.10 Å². The maximum Gasteiger partial charge on any atom is 0.310 e. The Hall–Kier alpha value is -2.95. The number of anilines is 1. The fraction of sp³-hybridized carbons (Fsp3) is 0.250. The summed E-state index contributed by atoms with van der Waals surface area (Å²) in [6.07, 6.45) is 3.90. The minimum absolute atomic E-state index is 0.102. The molecule has 0 aliphatic carbocycles. The third-order valence-electron chi connectivity index (χ3n) is 5.19. The van der Waals surface area contributed by atoms with Crippen molar-refractivity contribution in [3.05, 3.63) is 60.2 Å². The Labute approximate surface area is 175 Å². The van der Waals surface area contributed by atoms with Crippen LogP contribution >= 0.6 is 10.2 Å². The van der Waals surface area contributed by atoms with Gasteiger partial charge in [-0.1, -0.05) is 26.4 Å². The summed E-state index contributed by atoms with van der Waals surface area (Å²) in [4.78, 5) is 16.8. The van der Waals surface area contributed by atoms with Crippen molar-refractivity contribution in [1.29, 1.82) is 0 Å². The van der Waals surface area contributed by atoms with Crippen LogP contribution in [0.1, 0.15) is 36.1 Å². The maximum absolute atomic E-state index is 13.3. The molecule has 1 aliphatic heterocycles. The van der Waals surface area contributed by atoms with E-state index in [0.29, 0.717) is 24.1 Å². The molecule has 3 aromatic rings. The molecular weight excluding hydrogens is 438 g/mol. The summed E-state index contributed by atoms with van der Waals surface area (Å²) in [5, 5.41) is 4.32. The Bertz CT molecular complexity index is 1180. The van der Waals surface area contributed by atoms with Crippen LogP contribution in [0.3, 0.4) is 0 Å². The quantitative estimate of drug-likeness (QED) is 0.427. The average molecular weight is 457 g/mol. The van der Waals surface area contributed by atoms with Crippen LogP contribution in [0.15, 0.2) is 53.7 Å². The van der Waals surface area contributed by atoms with Gasteiger partial charge >= 0.3 is 10.2 Å². The second-order valence-electron chi connectivity index (χ2n) is 7.47. The first-order valence-electron chi connectivity index (χ1n) is 9.47. The number of fused-ring (bicyclic) bond motifs is 1. The summed E-state index contributed by atoms with van der Waals surface area (Å²) in [6, 6.07) is 5.74. The zero-order valence-electron chi connectivity index (χ0n) is 16.6. The minimum atomic E-state index is -9.78. The van der Waals surface area contributed by atoms with E-state index in [-0.39, 0.29) is 24.0 Å². The van der Waals surface area contributed by atoms with Gasteiger partial charge in [0, 0.05) is 29.7 Å². The summed E-state index contributed by atoms with van der Waals surface area (Å²) in [5.74, 6) is -0.472. The third-order valence-corrected chi connectivity index (χ3v) is 6.35. The zero-order valence-corrected chi connectivity index (χ0v) is 17.4. The summed E-state index contributed by atoms with van der Waals surface area (Å²) < 4.78 is 66.7. The first kappa shape index (κ1) is 21.3. The van der Waals surface area contributed by atoms with E-state index in [1.54, 1.807) is 23.1 Å². The lowest BCUT2D eigenvalue weighted by atomic mass is 10.0. The molecule has 1 atom stereocenters. The van der Waals surface area contributed by atoms with Gasteiger partial charge in [-0.15, -0.1) is 0 Å². The van der Waals surface area contributed by atoms with Crippen LogP contribution < -0.4 is 4.90 Å². The molecule has 1 aromatic carbocycles. The highest BCUT2D eigenvalue weighted by molar-refractivity contribution is 8.45. The average Bonchev–Trinajstić information content (AvgIpc) is 3.15. The second-order valence-corrected chi connectivity index (χ2v) is 9.88. The number of hydrogen-bond donors (Lipinski definition) is 0. The van der Waals surface area contributed by atoms with Crippen LogP contribution in [0.4, 0.5) is 25.1 Å². The van der Waals surface area contributed by atoms with Gasteiger partial charge in [0.2, 0.25) is 0 Å².